The summed E-state index contributed by atoms with van der Waals surface area (Å²) in [7, 11) is 0. The predicted molar refractivity (Wildman–Crippen MR) is 352 cm³/mol. The van der Waals surface area contributed by atoms with Crippen molar-refractivity contribution in [3.05, 3.63) is 36.5 Å². The lowest BCUT2D eigenvalue weighted by Gasteiger charge is -2.20. The Kier molecular flexibility index (Phi) is 67.9. The van der Waals surface area contributed by atoms with Gasteiger partial charge in [-0.15, -0.1) is 0 Å². The number of allylic oxidation sites excluding steroid dienone is 5. The Hall–Kier alpha value is -1.92. The Morgan fingerprint density at radius 2 is 0.588 bits per heavy atom. The molecule has 2 unspecified atom stereocenters. The molecule has 0 aliphatic rings. The first-order valence-electron chi connectivity index (χ1n) is 36.3. The van der Waals surface area contributed by atoms with E-state index in [9.17, 15) is 19.8 Å². The van der Waals surface area contributed by atoms with Gasteiger partial charge < -0.3 is 20.3 Å². The van der Waals surface area contributed by atoms with E-state index in [1.807, 2.05) is 6.08 Å². The van der Waals surface area contributed by atoms with Gasteiger partial charge in [-0.2, -0.15) is 0 Å². The molecule has 0 aliphatic carbocycles. The van der Waals surface area contributed by atoms with Gasteiger partial charge in [0.15, 0.2) is 0 Å². The molecule has 0 rings (SSSR count). The number of amides is 1. The molecule has 0 saturated carbocycles. The SMILES string of the molecule is CCCCCCCC/C=C\CCCCCCCCCCCC(=O)OCCCCCCCCCCCCCC/C=C\CCCCCCCCCCCCCCC(=O)NC(CO)C(O)/C=C/CCCCCCCCCCCCCCCC. The van der Waals surface area contributed by atoms with Gasteiger partial charge in [-0.3, -0.25) is 9.59 Å². The van der Waals surface area contributed by atoms with Crippen LogP contribution in [0.1, 0.15) is 399 Å². The van der Waals surface area contributed by atoms with Gasteiger partial charge in [-0.05, 0) is 83.5 Å². The Morgan fingerprint density at radius 1 is 0.338 bits per heavy atom. The number of rotatable bonds is 68. The van der Waals surface area contributed by atoms with E-state index in [1.54, 1.807) is 6.08 Å². The third-order valence-electron chi connectivity index (χ3n) is 16.9. The molecule has 0 bridgehead atoms. The Bertz CT molecular complexity index is 1300. The van der Waals surface area contributed by atoms with E-state index >= 15 is 0 Å². The van der Waals surface area contributed by atoms with Crippen molar-refractivity contribution in [3.8, 4) is 0 Å². The molecule has 0 aromatic rings. The second kappa shape index (κ2) is 69.6. The Morgan fingerprint density at radius 3 is 0.887 bits per heavy atom. The molecule has 80 heavy (non-hydrogen) atoms. The van der Waals surface area contributed by atoms with Crippen LogP contribution in [0.25, 0.3) is 0 Å². The summed E-state index contributed by atoms with van der Waals surface area (Å²) in [6, 6.07) is -0.628. The Labute approximate surface area is 500 Å². The molecular weight excluding hydrogens is 983 g/mol. The third-order valence-corrected chi connectivity index (χ3v) is 16.9. The number of carbonyl (C=O) groups excluding carboxylic acids is 2. The van der Waals surface area contributed by atoms with E-state index in [0.29, 0.717) is 19.4 Å². The standard InChI is InChI=1S/C74H141NO5/c1-3-5-7-9-11-13-15-17-19-21-32-36-40-44-48-52-56-60-64-68-74(79)80-69-65-61-57-53-49-45-41-37-34-31-29-27-25-23-22-24-26-28-30-33-35-39-43-47-51-55-59-63-67-73(78)75-71(70-76)72(77)66-62-58-54-50-46-42-38-20-18-16-14-12-10-8-6-4-2/h17,19,22-23,62,66,71-72,76-77H,3-16,18,20-21,24-61,63-65,67-70H2,1-2H3,(H,75,78)/b19-17-,23-22-,66-62+. The van der Waals surface area contributed by atoms with Crippen molar-refractivity contribution in [2.24, 2.45) is 0 Å². The second-order valence-electron chi connectivity index (χ2n) is 24.9. The van der Waals surface area contributed by atoms with Gasteiger partial charge in [0.05, 0.1) is 25.4 Å². The highest BCUT2D eigenvalue weighted by Gasteiger charge is 2.18. The molecule has 0 spiro atoms. The van der Waals surface area contributed by atoms with Crippen LogP contribution in [-0.4, -0.2) is 47.4 Å². The largest absolute Gasteiger partial charge is 0.466 e. The van der Waals surface area contributed by atoms with E-state index < -0.39 is 12.1 Å². The number of aliphatic hydroxyl groups excluding tert-OH is 2. The number of carbonyl (C=O) groups is 2. The molecule has 0 radical (unpaired) electrons. The van der Waals surface area contributed by atoms with Gasteiger partial charge in [0.2, 0.25) is 5.91 Å². The summed E-state index contributed by atoms with van der Waals surface area (Å²) >= 11 is 0. The maximum absolute atomic E-state index is 12.5. The van der Waals surface area contributed by atoms with Crippen LogP contribution in [-0.2, 0) is 14.3 Å². The number of hydrogen-bond acceptors (Lipinski definition) is 5. The maximum Gasteiger partial charge on any atom is 0.305 e. The third kappa shape index (κ3) is 65.2. The molecular formula is C74H141NO5. The fourth-order valence-electron chi connectivity index (χ4n) is 11.3. The molecule has 0 saturated heterocycles. The van der Waals surface area contributed by atoms with Gasteiger partial charge in [-0.25, -0.2) is 0 Å². The van der Waals surface area contributed by atoms with Gasteiger partial charge in [0.1, 0.15) is 0 Å². The van der Waals surface area contributed by atoms with E-state index in [2.05, 4.69) is 43.5 Å². The normalized spacial score (nSPS) is 12.7. The van der Waals surface area contributed by atoms with E-state index in [4.69, 9.17) is 4.74 Å². The van der Waals surface area contributed by atoms with Crippen LogP contribution in [0.4, 0.5) is 0 Å². The molecule has 2 atom stereocenters. The second-order valence-corrected chi connectivity index (χ2v) is 24.9. The van der Waals surface area contributed by atoms with Crippen molar-refractivity contribution in [1.82, 2.24) is 5.32 Å². The van der Waals surface area contributed by atoms with Gasteiger partial charge >= 0.3 is 5.97 Å². The topological polar surface area (TPSA) is 95.9 Å². The summed E-state index contributed by atoms with van der Waals surface area (Å²) in [6.45, 7) is 4.93. The van der Waals surface area contributed by atoms with Crippen LogP contribution in [0.2, 0.25) is 0 Å². The monoisotopic (exact) mass is 1120 g/mol. The van der Waals surface area contributed by atoms with E-state index in [-0.39, 0.29) is 18.5 Å². The molecule has 0 heterocycles. The number of esters is 1. The highest BCUT2D eigenvalue weighted by Crippen LogP contribution is 2.18. The molecule has 0 aliphatic heterocycles. The summed E-state index contributed by atoms with van der Waals surface area (Å²) < 4.78 is 5.51. The first-order valence-corrected chi connectivity index (χ1v) is 36.3. The first-order chi connectivity index (χ1) is 39.5. The molecule has 6 heteroatoms. The lowest BCUT2D eigenvalue weighted by Crippen LogP contribution is -2.45. The zero-order valence-electron chi connectivity index (χ0n) is 54.1. The minimum atomic E-state index is -0.845. The lowest BCUT2D eigenvalue weighted by atomic mass is 10.0. The van der Waals surface area contributed by atoms with Gasteiger partial charge in [0, 0.05) is 12.8 Å². The van der Waals surface area contributed by atoms with Crippen molar-refractivity contribution in [3.63, 3.8) is 0 Å². The number of hydrogen-bond donors (Lipinski definition) is 3. The predicted octanol–water partition coefficient (Wildman–Crippen LogP) is 23.5. The van der Waals surface area contributed by atoms with Crippen molar-refractivity contribution in [2.75, 3.05) is 13.2 Å². The molecule has 6 nitrogen and oxygen atoms in total. The summed E-state index contributed by atoms with van der Waals surface area (Å²) in [6.07, 6.45) is 89.4. The smallest absolute Gasteiger partial charge is 0.305 e. The van der Waals surface area contributed by atoms with Crippen LogP contribution >= 0.6 is 0 Å². The summed E-state index contributed by atoms with van der Waals surface area (Å²) in [5, 5.41) is 23.2. The summed E-state index contributed by atoms with van der Waals surface area (Å²) in [5.74, 6) is -0.0499. The van der Waals surface area contributed by atoms with Crippen molar-refractivity contribution in [1.29, 1.82) is 0 Å². The molecule has 0 aromatic heterocycles. The minimum Gasteiger partial charge on any atom is -0.466 e. The summed E-state index contributed by atoms with van der Waals surface area (Å²) in [4.78, 5) is 24.6. The number of aliphatic hydroxyl groups is 2. The lowest BCUT2D eigenvalue weighted by molar-refractivity contribution is -0.143. The van der Waals surface area contributed by atoms with Crippen molar-refractivity contribution < 1.29 is 24.5 Å². The first kappa shape index (κ1) is 78.1. The Balaban J connectivity index is 3.38. The quantitative estimate of drug-likeness (QED) is 0.0320. The van der Waals surface area contributed by atoms with Gasteiger partial charge in [0.25, 0.3) is 0 Å². The number of ether oxygens (including phenoxy) is 1. The zero-order chi connectivity index (χ0) is 57.8. The van der Waals surface area contributed by atoms with Crippen LogP contribution in [0, 0.1) is 0 Å². The molecule has 472 valence electrons. The fourth-order valence-corrected chi connectivity index (χ4v) is 11.3. The van der Waals surface area contributed by atoms with Crippen LogP contribution in [0.3, 0.4) is 0 Å². The average molecular weight is 1120 g/mol. The average Bonchev–Trinajstić information content (AvgIpc) is 3.46. The van der Waals surface area contributed by atoms with Crippen LogP contribution in [0.5, 0.6) is 0 Å². The van der Waals surface area contributed by atoms with E-state index in [0.717, 1.165) is 38.5 Å². The van der Waals surface area contributed by atoms with E-state index in [1.165, 1.54) is 334 Å². The van der Waals surface area contributed by atoms with Gasteiger partial charge in [-0.1, -0.05) is 339 Å². The summed E-state index contributed by atoms with van der Waals surface area (Å²) in [5.41, 5.74) is 0. The zero-order valence-corrected chi connectivity index (χ0v) is 54.1. The molecule has 1 amide bonds. The highest BCUT2D eigenvalue weighted by atomic mass is 16.5. The molecule has 0 fully saturated rings. The van der Waals surface area contributed by atoms with Crippen LogP contribution in [0.15, 0.2) is 36.5 Å². The van der Waals surface area contributed by atoms with Crippen LogP contribution < -0.4 is 5.32 Å². The highest BCUT2D eigenvalue weighted by molar-refractivity contribution is 5.76. The van der Waals surface area contributed by atoms with Crippen molar-refractivity contribution >= 4 is 11.9 Å². The maximum atomic E-state index is 12.5. The molecule has 0 aromatic carbocycles. The van der Waals surface area contributed by atoms with Crippen molar-refractivity contribution in [2.45, 2.75) is 411 Å². The molecule has 3 N–H and O–H groups in total. The fraction of sp³-hybridized carbons (Fsp3) is 0.892. The number of nitrogens with one attached hydrogen (secondary N) is 1. The number of unbranched alkanes of at least 4 members (excludes halogenated alkanes) is 53. The minimum absolute atomic E-state index is 0.0156.